The molecule has 25 heavy (non-hydrogen) atoms. The van der Waals surface area contributed by atoms with Crippen LogP contribution < -0.4 is 5.73 Å². The summed E-state index contributed by atoms with van der Waals surface area (Å²) in [5, 5.41) is 16.7. The molecule has 0 aromatic heterocycles. The summed E-state index contributed by atoms with van der Waals surface area (Å²) in [6.45, 7) is 6.34. The van der Waals surface area contributed by atoms with Crippen LogP contribution in [0.25, 0.3) is 0 Å². The quantitative estimate of drug-likeness (QED) is 0.210. The predicted octanol–water partition coefficient (Wildman–Crippen LogP) is 4.99. The van der Waals surface area contributed by atoms with Crippen LogP contribution in [0.5, 0.6) is 0 Å². The molecular weight excluding hydrogens is 379 g/mol. The standard InChI is InChI=1S/C17H35NOS.CH3NOS.K.H/c1-3-5-7-9-11-13-15-18(17(19)20)16-14-12-10-8-6-4-2;2-1(3)4;;/h3-16H2,1-2H3,(H,19,20);(H3,2,3,4);;. The Morgan fingerprint density at radius 1 is 0.720 bits per heavy atom. The zero-order valence-corrected chi connectivity index (χ0v) is 17.3. The summed E-state index contributed by atoms with van der Waals surface area (Å²) >= 11 is 8.81. The van der Waals surface area contributed by atoms with Crippen molar-refractivity contribution in [2.75, 3.05) is 13.1 Å². The van der Waals surface area contributed by atoms with Gasteiger partial charge < -0.3 is 20.8 Å². The van der Waals surface area contributed by atoms with Gasteiger partial charge >= 0.3 is 51.4 Å². The minimum atomic E-state index is -0.500. The molecule has 0 spiro atoms. The maximum atomic E-state index is 9.55. The second kappa shape index (κ2) is 25.0. The SMILES string of the molecule is CCCCCCCCN(CCCCCCCC)C(O)=S.NC(O)=S.[KH]. The summed E-state index contributed by atoms with van der Waals surface area (Å²) in [6, 6.07) is 0. The van der Waals surface area contributed by atoms with Crippen molar-refractivity contribution in [1.82, 2.24) is 4.90 Å². The van der Waals surface area contributed by atoms with Crippen molar-refractivity contribution >= 4 is 86.2 Å². The zero-order chi connectivity index (χ0) is 18.6. The van der Waals surface area contributed by atoms with Gasteiger partial charge in [0.05, 0.1) is 0 Å². The molecule has 4 nitrogen and oxygen atoms in total. The van der Waals surface area contributed by atoms with E-state index in [1.54, 1.807) is 0 Å². The fourth-order valence-electron chi connectivity index (χ4n) is 2.47. The molecular formula is C18H39KN2O2S2. The number of rotatable bonds is 14. The van der Waals surface area contributed by atoms with Gasteiger partial charge in [-0.2, -0.15) is 0 Å². The molecule has 146 valence electrons. The predicted molar refractivity (Wildman–Crippen MR) is 120 cm³/mol. The summed E-state index contributed by atoms with van der Waals surface area (Å²) in [4.78, 5) is 1.98. The van der Waals surface area contributed by atoms with E-state index in [2.05, 4.69) is 31.8 Å². The van der Waals surface area contributed by atoms with E-state index in [1.165, 1.54) is 64.2 Å². The molecule has 0 aliphatic carbocycles. The van der Waals surface area contributed by atoms with Gasteiger partial charge in [0.15, 0.2) is 0 Å². The number of unbranched alkanes of at least 4 members (excludes halogenated alkanes) is 10. The Bertz CT molecular complexity index is 289. The van der Waals surface area contributed by atoms with Gasteiger partial charge in [-0.15, -0.1) is 0 Å². The van der Waals surface area contributed by atoms with Crippen LogP contribution in [0.4, 0.5) is 0 Å². The third-order valence-corrected chi connectivity index (χ3v) is 4.09. The first-order valence-corrected chi connectivity index (χ1v) is 10.2. The molecule has 0 amide bonds. The van der Waals surface area contributed by atoms with Crippen molar-refractivity contribution in [3.05, 3.63) is 0 Å². The molecule has 4 N–H and O–H groups in total. The Morgan fingerprint density at radius 3 is 1.28 bits per heavy atom. The van der Waals surface area contributed by atoms with Crippen LogP contribution in [-0.2, 0) is 0 Å². The first-order valence-electron chi connectivity index (χ1n) is 9.41. The Balaban J connectivity index is -0.000000867. The molecule has 0 aromatic carbocycles. The molecule has 0 aliphatic heterocycles. The second-order valence-corrected chi connectivity index (χ2v) is 6.93. The molecule has 0 unspecified atom stereocenters. The normalized spacial score (nSPS) is 9.52. The fraction of sp³-hybridized carbons (Fsp3) is 0.889. The summed E-state index contributed by atoms with van der Waals surface area (Å²) in [6.07, 6.45) is 15.4. The first kappa shape index (κ1) is 30.7. The van der Waals surface area contributed by atoms with Crippen molar-refractivity contribution in [2.45, 2.75) is 90.9 Å². The molecule has 0 radical (unpaired) electrons. The molecule has 0 atom stereocenters. The third-order valence-electron chi connectivity index (χ3n) is 3.83. The molecule has 0 rings (SSSR count). The van der Waals surface area contributed by atoms with Gasteiger partial charge in [-0.25, -0.2) is 0 Å². The van der Waals surface area contributed by atoms with Crippen molar-refractivity contribution in [3.63, 3.8) is 0 Å². The Labute approximate surface area is 208 Å². The zero-order valence-electron chi connectivity index (χ0n) is 15.6. The number of hydrogen-bond acceptors (Lipinski definition) is 2. The number of aliphatic hydroxyl groups is 2. The van der Waals surface area contributed by atoms with Crippen molar-refractivity contribution in [1.29, 1.82) is 0 Å². The van der Waals surface area contributed by atoms with E-state index in [-0.39, 0.29) is 56.6 Å². The van der Waals surface area contributed by atoms with Gasteiger partial charge in [0.2, 0.25) is 0 Å². The summed E-state index contributed by atoms with van der Waals surface area (Å²) in [5.74, 6) is 0. The average molecular weight is 419 g/mol. The van der Waals surface area contributed by atoms with Crippen LogP contribution >= 0.6 is 24.4 Å². The third kappa shape index (κ3) is 30.0. The van der Waals surface area contributed by atoms with E-state index < -0.39 is 5.17 Å². The maximum absolute atomic E-state index is 9.55. The van der Waals surface area contributed by atoms with Crippen molar-refractivity contribution in [2.24, 2.45) is 5.73 Å². The van der Waals surface area contributed by atoms with E-state index in [0.29, 0.717) is 0 Å². The van der Waals surface area contributed by atoms with Gasteiger partial charge in [-0.3, -0.25) is 0 Å². The number of nitrogens with zero attached hydrogens (tertiary/aromatic N) is 1. The second-order valence-electron chi connectivity index (χ2n) is 6.14. The van der Waals surface area contributed by atoms with Gasteiger partial charge in [-0.05, 0) is 37.3 Å². The molecule has 0 heterocycles. The number of nitrogens with two attached hydrogens (primary N) is 1. The summed E-state index contributed by atoms with van der Waals surface area (Å²) < 4.78 is 0. The Morgan fingerprint density at radius 2 is 1.00 bits per heavy atom. The van der Waals surface area contributed by atoms with Crippen LogP contribution in [0.3, 0.4) is 0 Å². The topological polar surface area (TPSA) is 69.7 Å². The molecule has 0 saturated heterocycles. The van der Waals surface area contributed by atoms with E-state index in [1.807, 2.05) is 4.90 Å². The van der Waals surface area contributed by atoms with E-state index in [0.717, 1.165) is 25.9 Å². The van der Waals surface area contributed by atoms with Crippen LogP contribution in [0.1, 0.15) is 90.9 Å². The van der Waals surface area contributed by atoms with Crippen molar-refractivity contribution < 1.29 is 10.2 Å². The van der Waals surface area contributed by atoms with Crippen LogP contribution in [0.15, 0.2) is 0 Å². The van der Waals surface area contributed by atoms with Gasteiger partial charge in [0.1, 0.15) is 0 Å². The van der Waals surface area contributed by atoms with Gasteiger partial charge in [0, 0.05) is 13.1 Å². The Kier molecular flexibility index (Phi) is 30.8. The summed E-state index contributed by atoms with van der Waals surface area (Å²) in [5.41, 5.74) is 4.40. The van der Waals surface area contributed by atoms with E-state index in [4.69, 9.17) is 17.3 Å². The van der Waals surface area contributed by atoms with E-state index in [9.17, 15) is 5.11 Å². The first-order chi connectivity index (χ1) is 11.5. The molecule has 0 saturated carbocycles. The monoisotopic (exact) mass is 418 g/mol. The number of thiocarbonyl (C=S) groups is 2. The Hall–Kier alpha value is 1.02. The van der Waals surface area contributed by atoms with Gasteiger partial charge in [-0.1, -0.05) is 78.1 Å². The molecule has 7 heteroatoms. The van der Waals surface area contributed by atoms with Crippen LogP contribution in [0.2, 0.25) is 0 Å². The molecule has 0 fully saturated rings. The van der Waals surface area contributed by atoms with Crippen LogP contribution in [0, 0.1) is 0 Å². The number of aliphatic hydroxyl groups excluding tert-OH is 2. The molecule has 0 aromatic rings. The van der Waals surface area contributed by atoms with Gasteiger partial charge in [0.25, 0.3) is 10.3 Å². The molecule has 0 bridgehead atoms. The minimum absolute atomic E-state index is 0. The fourth-order valence-corrected chi connectivity index (χ4v) is 2.65. The molecule has 0 aliphatic rings. The van der Waals surface area contributed by atoms with E-state index >= 15 is 0 Å². The summed E-state index contributed by atoms with van der Waals surface area (Å²) in [7, 11) is 0. The van der Waals surface area contributed by atoms with Crippen molar-refractivity contribution in [3.8, 4) is 0 Å². The van der Waals surface area contributed by atoms with Crippen LogP contribution in [-0.4, -0.2) is 89.9 Å². The number of hydrogen-bond donors (Lipinski definition) is 3. The average Bonchev–Trinajstić information content (AvgIpc) is 2.51.